The minimum atomic E-state index is -0.707. The molecular weight excluding hydrogens is 325 g/mol. The first-order valence-corrected chi connectivity index (χ1v) is 8.33. The third kappa shape index (κ3) is 2.88. The van der Waals surface area contributed by atoms with Crippen LogP contribution in [0.1, 0.15) is 36.9 Å². The molecule has 2 aliphatic rings. The highest BCUT2D eigenvalue weighted by molar-refractivity contribution is 6.07. The summed E-state index contributed by atoms with van der Waals surface area (Å²) in [5.74, 6) is -0.453. The number of imide groups is 1. The number of nitrogens with zero attached hydrogens (tertiary/aromatic N) is 4. The molecule has 1 aromatic heterocycles. The molecule has 2 aromatic rings. The van der Waals surface area contributed by atoms with Crippen molar-refractivity contribution in [3.8, 4) is 0 Å². The lowest BCUT2D eigenvalue weighted by Gasteiger charge is -2.19. The molecule has 2 fully saturated rings. The maximum absolute atomic E-state index is 12.9. The van der Waals surface area contributed by atoms with Crippen LogP contribution in [-0.4, -0.2) is 37.4 Å². The normalized spacial score (nSPS) is 19.0. The first kappa shape index (κ1) is 15.7. The van der Waals surface area contributed by atoms with Crippen molar-refractivity contribution in [3.63, 3.8) is 0 Å². The van der Waals surface area contributed by atoms with Crippen molar-refractivity contribution in [3.05, 3.63) is 47.5 Å². The fourth-order valence-electron chi connectivity index (χ4n) is 3.56. The zero-order chi connectivity index (χ0) is 17.4. The summed E-state index contributed by atoms with van der Waals surface area (Å²) in [6.45, 7) is 0.549. The van der Waals surface area contributed by atoms with Crippen molar-refractivity contribution in [2.75, 3.05) is 0 Å². The highest BCUT2D eigenvalue weighted by Gasteiger charge is 2.52. The van der Waals surface area contributed by atoms with E-state index < -0.39 is 5.54 Å². The molecule has 2 heterocycles. The van der Waals surface area contributed by atoms with E-state index in [0.29, 0.717) is 25.1 Å². The molecule has 25 heavy (non-hydrogen) atoms. The molecule has 1 saturated carbocycles. The highest BCUT2D eigenvalue weighted by Crippen LogP contribution is 2.35. The second kappa shape index (κ2) is 5.94. The molecule has 130 valence electrons. The molecule has 0 radical (unpaired) electrons. The summed E-state index contributed by atoms with van der Waals surface area (Å²) in [6, 6.07) is 5.78. The van der Waals surface area contributed by atoms with E-state index in [2.05, 4.69) is 15.6 Å². The molecule has 1 spiro atoms. The smallest absolute Gasteiger partial charge is 0.323 e. The lowest BCUT2D eigenvalue weighted by atomic mass is 9.98. The summed E-state index contributed by atoms with van der Waals surface area (Å²) >= 11 is 0. The zero-order valence-electron chi connectivity index (χ0n) is 13.6. The average molecular weight is 343 g/mol. The zero-order valence-corrected chi connectivity index (χ0v) is 13.6. The Bertz CT molecular complexity index is 811. The fourth-order valence-corrected chi connectivity index (χ4v) is 3.56. The van der Waals surface area contributed by atoms with Crippen LogP contribution in [0.25, 0.3) is 0 Å². The number of halogens is 1. The van der Waals surface area contributed by atoms with Crippen LogP contribution in [0, 0.1) is 5.82 Å². The Morgan fingerprint density at radius 1 is 1.12 bits per heavy atom. The second-order valence-electron chi connectivity index (χ2n) is 6.64. The van der Waals surface area contributed by atoms with Crippen molar-refractivity contribution in [1.82, 2.24) is 25.2 Å². The second-order valence-corrected chi connectivity index (χ2v) is 6.64. The number of benzene rings is 1. The Labute approximate surface area is 143 Å². The third-order valence-corrected chi connectivity index (χ3v) is 4.87. The summed E-state index contributed by atoms with van der Waals surface area (Å²) in [5.41, 5.74) is 0.722. The van der Waals surface area contributed by atoms with Crippen LogP contribution in [0.4, 0.5) is 9.18 Å². The molecule has 0 unspecified atom stereocenters. The SMILES string of the molecule is O=C1NC2(CCCC2)C(=O)N1Cc1cn(Cc2ccc(F)cc2)nn1. The van der Waals surface area contributed by atoms with Crippen molar-refractivity contribution in [2.24, 2.45) is 0 Å². The van der Waals surface area contributed by atoms with Crippen molar-refractivity contribution in [2.45, 2.75) is 44.3 Å². The maximum atomic E-state index is 12.9. The van der Waals surface area contributed by atoms with Crippen LogP contribution in [-0.2, 0) is 17.9 Å². The summed E-state index contributed by atoms with van der Waals surface area (Å²) in [5, 5.41) is 10.9. The predicted molar refractivity (Wildman–Crippen MR) is 85.8 cm³/mol. The largest absolute Gasteiger partial charge is 0.325 e. The fraction of sp³-hybridized carbons (Fsp3) is 0.412. The Morgan fingerprint density at radius 3 is 2.56 bits per heavy atom. The van der Waals surface area contributed by atoms with Crippen LogP contribution in [0.2, 0.25) is 0 Å². The lowest BCUT2D eigenvalue weighted by molar-refractivity contribution is -0.131. The van der Waals surface area contributed by atoms with Gasteiger partial charge in [-0.1, -0.05) is 30.2 Å². The molecule has 1 saturated heterocycles. The molecule has 3 amide bonds. The van der Waals surface area contributed by atoms with Gasteiger partial charge >= 0.3 is 6.03 Å². The molecule has 1 aliphatic carbocycles. The van der Waals surface area contributed by atoms with Gasteiger partial charge < -0.3 is 5.32 Å². The van der Waals surface area contributed by atoms with Gasteiger partial charge in [-0.25, -0.2) is 13.9 Å². The molecule has 1 aromatic carbocycles. The van der Waals surface area contributed by atoms with Gasteiger partial charge in [0.2, 0.25) is 0 Å². The molecular formula is C17H18FN5O2. The van der Waals surface area contributed by atoms with Crippen LogP contribution in [0.3, 0.4) is 0 Å². The van der Waals surface area contributed by atoms with E-state index in [1.165, 1.54) is 17.0 Å². The molecule has 4 rings (SSSR count). The number of carbonyl (C=O) groups is 2. The molecule has 0 atom stereocenters. The van der Waals surface area contributed by atoms with Crippen LogP contribution < -0.4 is 5.32 Å². The van der Waals surface area contributed by atoms with Gasteiger partial charge in [0.1, 0.15) is 17.1 Å². The van der Waals surface area contributed by atoms with Crippen LogP contribution in [0.15, 0.2) is 30.5 Å². The lowest BCUT2D eigenvalue weighted by Crippen LogP contribution is -2.44. The molecule has 1 aliphatic heterocycles. The number of rotatable bonds is 4. The van der Waals surface area contributed by atoms with Crippen molar-refractivity contribution >= 4 is 11.9 Å². The van der Waals surface area contributed by atoms with Crippen LogP contribution >= 0.6 is 0 Å². The molecule has 1 N–H and O–H groups in total. The van der Waals surface area contributed by atoms with E-state index >= 15 is 0 Å². The minimum Gasteiger partial charge on any atom is -0.323 e. The first-order chi connectivity index (χ1) is 12.1. The van der Waals surface area contributed by atoms with Gasteiger partial charge in [-0.2, -0.15) is 0 Å². The van der Waals surface area contributed by atoms with E-state index in [1.54, 1.807) is 23.0 Å². The van der Waals surface area contributed by atoms with Crippen LogP contribution in [0.5, 0.6) is 0 Å². The Hall–Kier alpha value is -2.77. The van der Waals surface area contributed by atoms with E-state index in [1.807, 2.05) is 0 Å². The van der Waals surface area contributed by atoms with Crippen molar-refractivity contribution in [1.29, 1.82) is 0 Å². The first-order valence-electron chi connectivity index (χ1n) is 8.33. The minimum absolute atomic E-state index is 0.107. The van der Waals surface area contributed by atoms with E-state index in [4.69, 9.17) is 0 Å². The van der Waals surface area contributed by atoms with Gasteiger partial charge in [0, 0.05) is 0 Å². The Kier molecular flexibility index (Phi) is 3.74. The summed E-state index contributed by atoms with van der Waals surface area (Å²) in [7, 11) is 0. The van der Waals surface area contributed by atoms with Gasteiger partial charge in [0.25, 0.3) is 5.91 Å². The van der Waals surface area contributed by atoms with Gasteiger partial charge in [-0.05, 0) is 30.5 Å². The summed E-state index contributed by atoms with van der Waals surface area (Å²) in [4.78, 5) is 26.0. The quantitative estimate of drug-likeness (QED) is 0.859. The van der Waals surface area contributed by atoms with Gasteiger partial charge in [-0.15, -0.1) is 5.10 Å². The van der Waals surface area contributed by atoms with Gasteiger partial charge in [-0.3, -0.25) is 9.69 Å². The van der Waals surface area contributed by atoms with E-state index in [9.17, 15) is 14.0 Å². The topological polar surface area (TPSA) is 80.1 Å². The standard InChI is InChI=1S/C17H18FN5O2/c18-13-5-3-12(4-6-13)9-22-10-14(20-21-22)11-23-15(24)17(19-16(23)25)7-1-2-8-17/h3-6,10H,1-2,7-9,11H2,(H,19,25). The maximum Gasteiger partial charge on any atom is 0.325 e. The molecule has 0 bridgehead atoms. The van der Waals surface area contributed by atoms with E-state index in [0.717, 1.165) is 18.4 Å². The number of hydrogen-bond donors (Lipinski definition) is 1. The summed E-state index contributed by atoms with van der Waals surface area (Å²) < 4.78 is 14.5. The Morgan fingerprint density at radius 2 is 1.84 bits per heavy atom. The Balaban J connectivity index is 1.45. The van der Waals surface area contributed by atoms with Gasteiger partial charge in [0.15, 0.2) is 0 Å². The number of urea groups is 1. The average Bonchev–Trinajstić information content (AvgIpc) is 3.29. The molecule has 7 nitrogen and oxygen atoms in total. The predicted octanol–water partition coefficient (Wildman–Crippen LogP) is 1.83. The number of carbonyl (C=O) groups excluding carboxylic acids is 2. The number of aromatic nitrogens is 3. The van der Waals surface area contributed by atoms with Crippen molar-refractivity contribution < 1.29 is 14.0 Å². The monoisotopic (exact) mass is 343 g/mol. The number of nitrogens with one attached hydrogen (secondary N) is 1. The van der Waals surface area contributed by atoms with E-state index in [-0.39, 0.29) is 24.3 Å². The highest BCUT2D eigenvalue weighted by atomic mass is 19.1. The number of hydrogen-bond acceptors (Lipinski definition) is 4. The number of amides is 3. The third-order valence-electron chi connectivity index (χ3n) is 4.87. The summed E-state index contributed by atoms with van der Waals surface area (Å²) in [6.07, 6.45) is 5.00. The molecule has 8 heteroatoms. The van der Waals surface area contributed by atoms with Gasteiger partial charge in [0.05, 0.1) is 19.3 Å².